The number of alkyl halides is 3. The molecule has 2 unspecified atom stereocenters. The van der Waals surface area contributed by atoms with Crippen LogP contribution >= 0.6 is 0 Å². The molecule has 0 fully saturated rings. The Balaban J connectivity index is 1.70. The smallest absolute Gasteiger partial charge is 0.203 e. The van der Waals surface area contributed by atoms with Gasteiger partial charge in [-0.05, 0) is 68.4 Å². The van der Waals surface area contributed by atoms with Crippen molar-refractivity contribution in [2.24, 2.45) is 11.8 Å². The molecule has 3 rings (SSSR count). The summed E-state index contributed by atoms with van der Waals surface area (Å²) in [7, 11) is 0. The summed E-state index contributed by atoms with van der Waals surface area (Å²) in [5.74, 6) is -2.07. The molecular weight excluding hydrogens is 359 g/mol. The average molecular weight is 384 g/mol. The Kier molecular flexibility index (Phi) is 6.07. The minimum absolute atomic E-state index is 0.0345. The van der Waals surface area contributed by atoms with E-state index >= 15 is 0 Å². The van der Waals surface area contributed by atoms with Crippen molar-refractivity contribution in [3.63, 3.8) is 0 Å². The van der Waals surface area contributed by atoms with E-state index in [1.165, 1.54) is 19.3 Å². The number of rotatable bonds is 4. The molecule has 1 aromatic carbocycles. The van der Waals surface area contributed by atoms with E-state index in [1.807, 2.05) is 6.08 Å². The van der Waals surface area contributed by atoms with Gasteiger partial charge in [0.2, 0.25) is 0 Å². The maximum absolute atomic E-state index is 14.2. The Labute approximate surface area is 157 Å². The van der Waals surface area contributed by atoms with Gasteiger partial charge >= 0.3 is 6.18 Å². The molecule has 2 aliphatic carbocycles. The summed E-state index contributed by atoms with van der Waals surface area (Å²) >= 11 is 0. The molecule has 0 saturated heterocycles. The van der Waals surface area contributed by atoms with Crippen molar-refractivity contribution in [2.45, 2.75) is 64.5 Å². The molecule has 5 heteroatoms. The topological polar surface area (TPSA) is 0 Å². The van der Waals surface area contributed by atoms with E-state index in [4.69, 9.17) is 0 Å². The van der Waals surface area contributed by atoms with Gasteiger partial charge < -0.3 is 0 Å². The Morgan fingerprint density at radius 2 is 1.59 bits per heavy atom. The summed E-state index contributed by atoms with van der Waals surface area (Å²) < 4.78 is 66.2. The second-order valence-electron chi connectivity index (χ2n) is 7.70. The zero-order chi connectivity index (χ0) is 19.6. The van der Waals surface area contributed by atoms with Crippen LogP contribution in [0.4, 0.5) is 22.0 Å². The quantitative estimate of drug-likeness (QED) is 0.369. The van der Waals surface area contributed by atoms with Gasteiger partial charge in [-0.2, -0.15) is 13.2 Å². The van der Waals surface area contributed by atoms with Crippen molar-refractivity contribution < 1.29 is 22.0 Å². The molecule has 0 bridgehead atoms. The molecule has 0 amide bonds. The zero-order valence-electron chi connectivity index (χ0n) is 15.5. The van der Waals surface area contributed by atoms with Crippen LogP contribution in [0.25, 0.3) is 5.57 Å². The summed E-state index contributed by atoms with van der Waals surface area (Å²) in [5, 5.41) is 0. The van der Waals surface area contributed by atoms with Gasteiger partial charge in [0.1, 0.15) is 0 Å². The van der Waals surface area contributed by atoms with Crippen LogP contribution in [0, 0.1) is 23.5 Å². The first-order chi connectivity index (χ1) is 12.8. The maximum atomic E-state index is 14.2. The van der Waals surface area contributed by atoms with Crippen molar-refractivity contribution in [1.82, 2.24) is 0 Å². The SMILES string of the molecule is CCCC1=CCC(C2CC=C(c3ccc(C(F)(F)F)c(F)c3F)CC2)CC1. The molecule has 0 spiro atoms. The van der Waals surface area contributed by atoms with Crippen LogP contribution < -0.4 is 0 Å². The predicted molar refractivity (Wildman–Crippen MR) is 97.0 cm³/mol. The van der Waals surface area contributed by atoms with Gasteiger partial charge in [0.05, 0.1) is 5.56 Å². The van der Waals surface area contributed by atoms with Gasteiger partial charge in [0.15, 0.2) is 11.6 Å². The predicted octanol–water partition coefficient (Wildman–Crippen LogP) is 7.69. The van der Waals surface area contributed by atoms with E-state index in [1.54, 1.807) is 5.57 Å². The largest absolute Gasteiger partial charge is 0.419 e. The van der Waals surface area contributed by atoms with Gasteiger partial charge in [-0.25, -0.2) is 8.78 Å². The number of benzene rings is 1. The van der Waals surface area contributed by atoms with E-state index in [0.717, 1.165) is 31.7 Å². The first-order valence-electron chi connectivity index (χ1n) is 9.73. The lowest BCUT2D eigenvalue weighted by atomic mass is 9.73. The van der Waals surface area contributed by atoms with Crippen LogP contribution in [-0.4, -0.2) is 0 Å². The van der Waals surface area contributed by atoms with Crippen LogP contribution in [0.15, 0.2) is 29.9 Å². The minimum atomic E-state index is -4.89. The Morgan fingerprint density at radius 1 is 0.926 bits per heavy atom. The van der Waals surface area contributed by atoms with E-state index in [-0.39, 0.29) is 5.56 Å². The summed E-state index contributed by atoms with van der Waals surface area (Å²) in [6, 6.07) is 1.70. The molecule has 0 aliphatic heterocycles. The first kappa shape index (κ1) is 20.1. The van der Waals surface area contributed by atoms with Crippen LogP contribution in [0.3, 0.4) is 0 Å². The van der Waals surface area contributed by atoms with Crippen LogP contribution in [0.2, 0.25) is 0 Å². The lowest BCUT2D eigenvalue weighted by molar-refractivity contribution is -0.140. The Hall–Kier alpha value is -1.65. The van der Waals surface area contributed by atoms with E-state index in [9.17, 15) is 22.0 Å². The number of hydrogen-bond acceptors (Lipinski definition) is 0. The summed E-state index contributed by atoms with van der Waals surface area (Å²) in [5.41, 5.74) is 0.583. The lowest BCUT2D eigenvalue weighted by Crippen LogP contribution is -2.19. The second kappa shape index (κ2) is 8.15. The fraction of sp³-hybridized carbons (Fsp3) is 0.545. The third-order valence-corrected chi connectivity index (χ3v) is 5.97. The maximum Gasteiger partial charge on any atom is 0.419 e. The lowest BCUT2D eigenvalue weighted by Gasteiger charge is -2.32. The highest BCUT2D eigenvalue weighted by molar-refractivity contribution is 5.67. The summed E-state index contributed by atoms with van der Waals surface area (Å²) in [4.78, 5) is 0. The normalized spacial score (nSPS) is 23.8. The van der Waals surface area contributed by atoms with Gasteiger partial charge in [-0.3, -0.25) is 0 Å². The summed E-state index contributed by atoms with van der Waals surface area (Å²) in [6.45, 7) is 2.18. The molecule has 1 aromatic rings. The highest BCUT2D eigenvalue weighted by Crippen LogP contribution is 2.41. The summed E-state index contributed by atoms with van der Waals surface area (Å²) in [6.07, 6.45) is 7.32. The molecule has 0 N–H and O–H groups in total. The Bertz CT molecular complexity index is 742. The molecule has 27 heavy (non-hydrogen) atoms. The monoisotopic (exact) mass is 384 g/mol. The Morgan fingerprint density at radius 3 is 2.11 bits per heavy atom. The second-order valence-corrected chi connectivity index (χ2v) is 7.70. The zero-order valence-corrected chi connectivity index (χ0v) is 15.5. The molecule has 2 aliphatic rings. The van der Waals surface area contributed by atoms with E-state index in [0.29, 0.717) is 29.9 Å². The third-order valence-electron chi connectivity index (χ3n) is 5.97. The standard InChI is InChI=1S/C22H25F5/c1-2-3-14-4-6-15(7-5-14)16-8-10-17(11-9-16)18-12-13-19(22(25,26)27)21(24)20(18)23/h4,10,12-13,15-16H,2-3,5-9,11H2,1H3. The van der Waals surface area contributed by atoms with Crippen molar-refractivity contribution in [3.8, 4) is 0 Å². The van der Waals surface area contributed by atoms with Crippen molar-refractivity contribution in [3.05, 3.63) is 52.6 Å². The van der Waals surface area contributed by atoms with Crippen LogP contribution in [-0.2, 0) is 6.18 Å². The third kappa shape index (κ3) is 4.44. The number of allylic oxidation sites excluding steroid dienone is 4. The average Bonchev–Trinajstić information content (AvgIpc) is 2.64. The molecule has 0 saturated carbocycles. The van der Waals surface area contributed by atoms with Crippen molar-refractivity contribution in [2.75, 3.05) is 0 Å². The fourth-order valence-corrected chi connectivity index (χ4v) is 4.43. The first-order valence-corrected chi connectivity index (χ1v) is 9.73. The number of halogens is 5. The van der Waals surface area contributed by atoms with Crippen molar-refractivity contribution in [1.29, 1.82) is 0 Å². The molecule has 2 atom stereocenters. The molecular formula is C22H25F5. The molecule has 0 heterocycles. The van der Waals surface area contributed by atoms with Crippen LogP contribution in [0.5, 0.6) is 0 Å². The van der Waals surface area contributed by atoms with Gasteiger partial charge in [0, 0.05) is 5.56 Å². The van der Waals surface area contributed by atoms with E-state index in [2.05, 4.69) is 13.0 Å². The van der Waals surface area contributed by atoms with Gasteiger partial charge in [-0.1, -0.05) is 37.1 Å². The van der Waals surface area contributed by atoms with E-state index < -0.39 is 23.4 Å². The molecule has 0 nitrogen and oxygen atoms in total. The number of hydrogen-bond donors (Lipinski definition) is 0. The molecule has 148 valence electrons. The van der Waals surface area contributed by atoms with Gasteiger partial charge in [-0.15, -0.1) is 0 Å². The van der Waals surface area contributed by atoms with Crippen molar-refractivity contribution >= 4 is 5.57 Å². The van der Waals surface area contributed by atoms with Crippen LogP contribution in [0.1, 0.15) is 69.4 Å². The van der Waals surface area contributed by atoms with Gasteiger partial charge in [0.25, 0.3) is 0 Å². The fourth-order valence-electron chi connectivity index (χ4n) is 4.43. The molecule has 0 aromatic heterocycles. The highest BCUT2D eigenvalue weighted by Gasteiger charge is 2.36. The molecule has 0 radical (unpaired) electrons. The highest BCUT2D eigenvalue weighted by atomic mass is 19.4. The minimum Gasteiger partial charge on any atom is -0.203 e.